The van der Waals surface area contributed by atoms with E-state index in [4.69, 9.17) is 9.84 Å². The zero-order valence-electron chi connectivity index (χ0n) is 7.81. The fourth-order valence-corrected chi connectivity index (χ4v) is 1.35. The molecule has 1 heterocycles. The molecule has 5 heteroatoms. The predicted molar refractivity (Wildman–Crippen MR) is 48.9 cm³/mol. The van der Waals surface area contributed by atoms with Crippen LogP contribution < -0.4 is 0 Å². The minimum Gasteiger partial charge on any atom is -0.481 e. The minimum atomic E-state index is -0.857. The molecular formula is C9H13NO4. The van der Waals surface area contributed by atoms with Crippen LogP contribution in [0.1, 0.15) is 6.42 Å². The van der Waals surface area contributed by atoms with Gasteiger partial charge in [0.15, 0.2) is 0 Å². The standard InChI is InChI=1S/C9H13NO4/c1-2-5-14-9(13)10-4-3-7(6-10)8(11)12/h2,7H,1,3-6H2,(H,11,12)/t7-/m1/s1. The lowest BCUT2D eigenvalue weighted by Gasteiger charge is -2.14. The first kappa shape index (κ1) is 10.6. The number of hydrogen-bond donors (Lipinski definition) is 1. The van der Waals surface area contributed by atoms with Gasteiger partial charge in [-0.05, 0) is 6.42 Å². The van der Waals surface area contributed by atoms with Crippen molar-refractivity contribution in [1.82, 2.24) is 4.90 Å². The van der Waals surface area contributed by atoms with Crippen molar-refractivity contribution in [3.8, 4) is 0 Å². The van der Waals surface area contributed by atoms with E-state index in [0.29, 0.717) is 13.0 Å². The van der Waals surface area contributed by atoms with Crippen molar-refractivity contribution in [3.05, 3.63) is 12.7 Å². The fourth-order valence-electron chi connectivity index (χ4n) is 1.35. The number of likely N-dealkylation sites (tertiary alicyclic amines) is 1. The Kier molecular flexibility index (Phi) is 3.50. The van der Waals surface area contributed by atoms with E-state index in [1.54, 1.807) is 0 Å². The summed E-state index contributed by atoms with van der Waals surface area (Å²) in [5.74, 6) is -1.31. The van der Waals surface area contributed by atoms with Gasteiger partial charge in [0.05, 0.1) is 5.92 Å². The maximum Gasteiger partial charge on any atom is 0.410 e. The van der Waals surface area contributed by atoms with E-state index >= 15 is 0 Å². The molecule has 78 valence electrons. The maximum atomic E-state index is 11.2. The molecule has 0 spiro atoms. The number of amides is 1. The van der Waals surface area contributed by atoms with Crippen molar-refractivity contribution in [3.63, 3.8) is 0 Å². The van der Waals surface area contributed by atoms with E-state index in [2.05, 4.69) is 6.58 Å². The van der Waals surface area contributed by atoms with Gasteiger partial charge in [-0.3, -0.25) is 4.79 Å². The number of hydrogen-bond acceptors (Lipinski definition) is 3. The van der Waals surface area contributed by atoms with Gasteiger partial charge in [-0.1, -0.05) is 12.7 Å². The van der Waals surface area contributed by atoms with Crippen LogP contribution in [0.2, 0.25) is 0 Å². The monoisotopic (exact) mass is 199 g/mol. The first-order chi connectivity index (χ1) is 6.65. The van der Waals surface area contributed by atoms with Crippen molar-refractivity contribution >= 4 is 12.1 Å². The van der Waals surface area contributed by atoms with Crippen LogP contribution in [0, 0.1) is 5.92 Å². The molecular weight excluding hydrogens is 186 g/mol. The first-order valence-electron chi connectivity index (χ1n) is 4.40. The third-order valence-corrected chi connectivity index (χ3v) is 2.12. The molecule has 1 atom stereocenters. The Morgan fingerprint density at radius 3 is 2.86 bits per heavy atom. The fraction of sp³-hybridized carbons (Fsp3) is 0.556. The number of carbonyl (C=O) groups is 2. The molecule has 5 nitrogen and oxygen atoms in total. The van der Waals surface area contributed by atoms with Crippen molar-refractivity contribution in [2.45, 2.75) is 6.42 Å². The van der Waals surface area contributed by atoms with Crippen LogP contribution in [0.15, 0.2) is 12.7 Å². The highest BCUT2D eigenvalue weighted by Crippen LogP contribution is 2.16. The Hall–Kier alpha value is -1.52. The molecule has 14 heavy (non-hydrogen) atoms. The SMILES string of the molecule is C=CCOC(=O)N1CC[C@@H](C(=O)O)C1. The highest BCUT2D eigenvalue weighted by atomic mass is 16.6. The molecule has 0 bridgehead atoms. The number of carboxylic acids is 1. The predicted octanol–water partition coefficient (Wildman–Crippen LogP) is 0.716. The van der Waals surface area contributed by atoms with E-state index in [9.17, 15) is 9.59 Å². The molecule has 1 fully saturated rings. The van der Waals surface area contributed by atoms with Gasteiger partial charge in [0.2, 0.25) is 0 Å². The molecule has 0 aromatic heterocycles. The second kappa shape index (κ2) is 4.64. The number of nitrogens with zero attached hydrogens (tertiary/aromatic N) is 1. The molecule has 1 rings (SSSR count). The number of carboxylic acid groups (broad SMARTS) is 1. The first-order valence-corrected chi connectivity index (χ1v) is 4.40. The molecule has 1 saturated heterocycles. The molecule has 1 aliphatic heterocycles. The summed E-state index contributed by atoms with van der Waals surface area (Å²) in [6, 6.07) is 0. The summed E-state index contributed by atoms with van der Waals surface area (Å²) >= 11 is 0. The topological polar surface area (TPSA) is 66.8 Å². The van der Waals surface area contributed by atoms with Crippen molar-refractivity contribution in [2.24, 2.45) is 5.92 Å². The van der Waals surface area contributed by atoms with Gasteiger partial charge < -0.3 is 14.7 Å². The van der Waals surface area contributed by atoms with E-state index in [1.165, 1.54) is 11.0 Å². The van der Waals surface area contributed by atoms with Gasteiger partial charge >= 0.3 is 12.1 Å². The molecule has 0 aromatic carbocycles. The lowest BCUT2D eigenvalue weighted by molar-refractivity contribution is -0.141. The Balaban J connectivity index is 2.37. The average molecular weight is 199 g/mol. The quantitative estimate of drug-likeness (QED) is 0.680. The molecule has 0 aromatic rings. The molecule has 0 unspecified atom stereocenters. The van der Waals surface area contributed by atoms with Gasteiger partial charge in [0.25, 0.3) is 0 Å². The summed E-state index contributed by atoms with van der Waals surface area (Å²) < 4.78 is 4.78. The third-order valence-electron chi connectivity index (χ3n) is 2.12. The van der Waals surface area contributed by atoms with Crippen molar-refractivity contribution in [2.75, 3.05) is 19.7 Å². The van der Waals surface area contributed by atoms with Gasteiger partial charge in [0, 0.05) is 13.1 Å². The number of aliphatic carboxylic acids is 1. The number of ether oxygens (including phenoxy) is 1. The summed E-state index contributed by atoms with van der Waals surface area (Å²) in [4.78, 5) is 23.2. The molecule has 1 aliphatic rings. The zero-order chi connectivity index (χ0) is 10.6. The highest BCUT2D eigenvalue weighted by molar-refractivity contribution is 5.74. The van der Waals surface area contributed by atoms with Gasteiger partial charge in [-0.15, -0.1) is 0 Å². The smallest absolute Gasteiger partial charge is 0.410 e. The van der Waals surface area contributed by atoms with Crippen LogP contribution in [0.25, 0.3) is 0 Å². The number of carbonyl (C=O) groups excluding carboxylic acids is 1. The van der Waals surface area contributed by atoms with Gasteiger partial charge in [-0.2, -0.15) is 0 Å². The highest BCUT2D eigenvalue weighted by Gasteiger charge is 2.31. The second-order valence-corrected chi connectivity index (χ2v) is 3.14. The molecule has 0 saturated carbocycles. The van der Waals surface area contributed by atoms with E-state index < -0.39 is 18.0 Å². The molecule has 1 N–H and O–H groups in total. The van der Waals surface area contributed by atoms with Crippen LogP contribution in [0.3, 0.4) is 0 Å². The third kappa shape index (κ3) is 2.48. The lowest BCUT2D eigenvalue weighted by Crippen LogP contribution is -2.30. The Morgan fingerprint density at radius 2 is 2.36 bits per heavy atom. The van der Waals surface area contributed by atoms with Crippen molar-refractivity contribution in [1.29, 1.82) is 0 Å². The van der Waals surface area contributed by atoms with E-state index in [-0.39, 0.29) is 13.2 Å². The zero-order valence-corrected chi connectivity index (χ0v) is 7.81. The Bertz CT molecular complexity index is 251. The van der Waals surface area contributed by atoms with Crippen LogP contribution in [0.4, 0.5) is 4.79 Å². The van der Waals surface area contributed by atoms with Crippen LogP contribution in [-0.2, 0) is 9.53 Å². The van der Waals surface area contributed by atoms with Gasteiger partial charge in [-0.25, -0.2) is 4.79 Å². The van der Waals surface area contributed by atoms with Crippen LogP contribution in [0.5, 0.6) is 0 Å². The van der Waals surface area contributed by atoms with Crippen LogP contribution in [-0.4, -0.2) is 41.8 Å². The van der Waals surface area contributed by atoms with Crippen LogP contribution >= 0.6 is 0 Å². The molecule has 1 amide bonds. The van der Waals surface area contributed by atoms with E-state index in [1.807, 2.05) is 0 Å². The number of rotatable bonds is 3. The Labute approximate surface area is 82.0 Å². The minimum absolute atomic E-state index is 0.160. The largest absolute Gasteiger partial charge is 0.481 e. The summed E-state index contributed by atoms with van der Waals surface area (Å²) in [6.07, 6.45) is 1.51. The second-order valence-electron chi connectivity index (χ2n) is 3.14. The summed E-state index contributed by atoms with van der Waals surface area (Å²) in [5, 5.41) is 8.69. The summed E-state index contributed by atoms with van der Waals surface area (Å²) in [6.45, 7) is 4.27. The summed E-state index contributed by atoms with van der Waals surface area (Å²) in [7, 11) is 0. The normalized spacial score (nSPS) is 20.6. The van der Waals surface area contributed by atoms with E-state index in [0.717, 1.165) is 0 Å². The Morgan fingerprint density at radius 1 is 1.64 bits per heavy atom. The summed E-state index contributed by atoms with van der Waals surface area (Å²) in [5.41, 5.74) is 0. The maximum absolute atomic E-state index is 11.2. The molecule has 0 aliphatic carbocycles. The lowest BCUT2D eigenvalue weighted by atomic mass is 10.1. The van der Waals surface area contributed by atoms with Gasteiger partial charge in [0.1, 0.15) is 6.61 Å². The van der Waals surface area contributed by atoms with Crippen molar-refractivity contribution < 1.29 is 19.4 Å². The molecule has 0 radical (unpaired) electrons. The average Bonchev–Trinajstić information content (AvgIpc) is 2.62.